The summed E-state index contributed by atoms with van der Waals surface area (Å²) in [7, 11) is 1.22. The molecule has 1 unspecified atom stereocenters. The van der Waals surface area contributed by atoms with Crippen molar-refractivity contribution in [2.75, 3.05) is 31.7 Å². The molecule has 120 valence electrons. The molecule has 8 heteroatoms. The molecule has 0 amide bonds. The molecule has 22 heavy (non-hydrogen) atoms. The minimum absolute atomic E-state index is 0.0421. The van der Waals surface area contributed by atoms with Crippen molar-refractivity contribution in [3.05, 3.63) is 27.9 Å². The van der Waals surface area contributed by atoms with E-state index in [1.54, 1.807) is 0 Å². The monoisotopic (exact) mass is 309 g/mol. The lowest BCUT2D eigenvalue weighted by Crippen LogP contribution is -2.40. The van der Waals surface area contributed by atoms with Crippen molar-refractivity contribution in [1.29, 1.82) is 0 Å². The number of hydrogen-bond acceptors (Lipinski definition) is 7. The number of methoxy groups -OCH3 is 1. The van der Waals surface area contributed by atoms with Gasteiger partial charge in [-0.1, -0.05) is 0 Å². The Morgan fingerprint density at radius 2 is 2.36 bits per heavy atom. The molecular weight excluding hydrogens is 290 g/mol. The van der Waals surface area contributed by atoms with Crippen molar-refractivity contribution in [2.24, 2.45) is 0 Å². The molecule has 1 aromatic rings. The fourth-order valence-electron chi connectivity index (χ4n) is 2.56. The molecule has 1 saturated heterocycles. The van der Waals surface area contributed by atoms with Crippen LogP contribution in [0, 0.1) is 10.1 Å². The molecule has 8 nitrogen and oxygen atoms in total. The first-order chi connectivity index (χ1) is 10.6. The van der Waals surface area contributed by atoms with Crippen LogP contribution in [0.3, 0.4) is 0 Å². The number of pyridine rings is 1. The molecule has 1 atom stereocenters. The molecule has 0 N–H and O–H groups in total. The van der Waals surface area contributed by atoms with Gasteiger partial charge in [0.25, 0.3) is 0 Å². The second-order valence-electron chi connectivity index (χ2n) is 4.98. The number of rotatable bonds is 5. The van der Waals surface area contributed by atoms with E-state index in [0.29, 0.717) is 19.7 Å². The summed E-state index contributed by atoms with van der Waals surface area (Å²) >= 11 is 0. The van der Waals surface area contributed by atoms with Crippen molar-refractivity contribution >= 4 is 17.5 Å². The largest absolute Gasteiger partial charge is 0.465 e. The third-order valence-corrected chi connectivity index (χ3v) is 3.55. The zero-order valence-corrected chi connectivity index (χ0v) is 12.7. The Morgan fingerprint density at radius 1 is 1.59 bits per heavy atom. The summed E-state index contributed by atoms with van der Waals surface area (Å²) in [5, 5.41) is 11.3. The van der Waals surface area contributed by atoms with Gasteiger partial charge in [-0.05, 0) is 19.8 Å². The van der Waals surface area contributed by atoms with Crippen molar-refractivity contribution in [3.8, 4) is 0 Å². The van der Waals surface area contributed by atoms with Gasteiger partial charge in [-0.3, -0.25) is 10.1 Å². The van der Waals surface area contributed by atoms with Gasteiger partial charge in [0.05, 0.1) is 23.7 Å². The second-order valence-corrected chi connectivity index (χ2v) is 4.98. The smallest absolute Gasteiger partial charge is 0.339 e. The van der Waals surface area contributed by atoms with E-state index in [1.807, 2.05) is 11.8 Å². The Bertz CT molecular complexity index is 561. The lowest BCUT2D eigenvalue weighted by Gasteiger charge is -2.32. The molecule has 0 aliphatic carbocycles. The Morgan fingerprint density at radius 3 is 3.00 bits per heavy atom. The topological polar surface area (TPSA) is 94.8 Å². The molecule has 0 saturated carbocycles. The van der Waals surface area contributed by atoms with Crippen LogP contribution in [0.4, 0.5) is 11.5 Å². The Hall–Kier alpha value is -2.22. The van der Waals surface area contributed by atoms with Gasteiger partial charge in [-0.2, -0.15) is 0 Å². The number of aromatic nitrogens is 1. The molecule has 0 bridgehead atoms. The first kappa shape index (κ1) is 16.2. The summed E-state index contributed by atoms with van der Waals surface area (Å²) in [6.45, 7) is 3.76. The predicted octanol–water partition coefficient (Wildman–Crippen LogP) is 1.78. The lowest BCUT2D eigenvalue weighted by atomic mass is 10.1. The first-order valence-electron chi connectivity index (χ1n) is 7.16. The number of anilines is 1. The average Bonchev–Trinajstić information content (AvgIpc) is 2.54. The highest BCUT2D eigenvalue weighted by Gasteiger charge is 2.28. The third kappa shape index (κ3) is 3.51. The summed E-state index contributed by atoms with van der Waals surface area (Å²) < 4.78 is 10.2. The first-order valence-corrected chi connectivity index (χ1v) is 7.16. The van der Waals surface area contributed by atoms with Gasteiger partial charge in [-0.25, -0.2) is 9.78 Å². The van der Waals surface area contributed by atoms with E-state index in [2.05, 4.69) is 9.72 Å². The molecule has 1 aliphatic heterocycles. The molecule has 1 aromatic heterocycles. The van der Waals surface area contributed by atoms with Crippen molar-refractivity contribution in [3.63, 3.8) is 0 Å². The SMILES string of the molecule is CCOC1CCCN(c2ncc(C(=O)OC)cc2[N+](=O)[O-])C1. The Balaban J connectivity index is 2.29. The third-order valence-electron chi connectivity index (χ3n) is 3.55. The summed E-state index contributed by atoms with van der Waals surface area (Å²) in [6, 6.07) is 1.21. The van der Waals surface area contributed by atoms with E-state index in [0.717, 1.165) is 12.8 Å². The number of carbonyl (C=O) groups excluding carboxylic acids is 1. The highest BCUT2D eigenvalue weighted by molar-refractivity contribution is 5.90. The van der Waals surface area contributed by atoms with E-state index >= 15 is 0 Å². The van der Waals surface area contributed by atoms with Crippen LogP contribution >= 0.6 is 0 Å². The predicted molar refractivity (Wildman–Crippen MR) is 79.1 cm³/mol. The second kappa shape index (κ2) is 7.17. The number of hydrogen-bond donors (Lipinski definition) is 0. The minimum Gasteiger partial charge on any atom is -0.465 e. The zero-order valence-electron chi connectivity index (χ0n) is 12.7. The van der Waals surface area contributed by atoms with Crippen LogP contribution in [0.5, 0.6) is 0 Å². The van der Waals surface area contributed by atoms with Gasteiger partial charge in [0.15, 0.2) is 0 Å². The molecule has 2 rings (SSSR count). The van der Waals surface area contributed by atoms with Gasteiger partial charge < -0.3 is 14.4 Å². The average molecular weight is 309 g/mol. The number of nitro groups is 1. The lowest BCUT2D eigenvalue weighted by molar-refractivity contribution is -0.384. The van der Waals surface area contributed by atoms with Crippen molar-refractivity contribution in [1.82, 2.24) is 4.98 Å². The molecule has 0 aromatic carbocycles. The highest BCUT2D eigenvalue weighted by atomic mass is 16.6. The maximum absolute atomic E-state index is 11.5. The van der Waals surface area contributed by atoms with E-state index in [9.17, 15) is 14.9 Å². The van der Waals surface area contributed by atoms with E-state index in [4.69, 9.17) is 4.74 Å². The van der Waals surface area contributed by atoms with Gasteiger partial charge >= 0.3 is 11.7 Å². The quantitative estimate of drug-likeness (QED) is 0.465. The van der Waals surface area contributed by atoms with Crippen LogP contribution in [0.25, 0.3) is 0 Å². The van der Waals surface area contributed by atoms with Crippen LogP contribution in [0.15, 0.2) is 12.3 Å². The molecule has 1 aliphatic rings. The van der Waals surface area contributed by atoms with E-state index < -0.39 is 10.9 Å². The number of carbonyl (C=O) groups is 1. The fourth-order valence-corrected chi connectivity index (χ4v) is 2.56. The van der Waals surface area contributed by atoms with Crippen LogP contribution < -0.4 is 4.90 Å². The Labute approximate surface area is 128 Å². The van der Waals surface area contributed by atoms with E-state index in [1.165, 1.54) is 19.4 Å². The molecular formula is C14H19N3O5. The summed E-state index contributed by atoms with van der Waals surface area (Å²) in [6.07, 6.45) is 3.15. The highest BCUT2D eigenvalue weighted by Crippen LogP contribution is 2.29. The maximum Gasteiger partial charge on any atom is 0.339 e. The maximum atomic E-state index is 11.5. The number of esters is 1. The fraction of sp³-hybridized carbons (Fsp3) is 0.571. The summed E-state index contributed by atoms with van der Waals surface area (Å²) in [5.41, 5.74) is -0.128. The molecule has 0 spiro atoms. The molecule has 1 fully saturated rings. The number of piperidine rings is 1. The normalized spacial score (nSPS) is 18.1. The van der Waals surface area contributed by atoms with Crippen LogP contribution in [-0.2, 0) is 9.47 Å². The summed E-state index contributed by atoms with van der Waals surface area (Å²) in [5.74, 6) is -0.380. The standard InChI is InChI=1S/C14H19N3O5/c1-3-22-11-5-4-6-16(9-11)13-12(17(19)20)7-10(8-15-13)14(18)21-2/h7-8,11H,3-6,9H2,1-2H3. The number of ether oxygens (including phenoxy) is 2. The zero-order chi connectivity index (χ0) is 16.1. The number of nitrogens with zero attached hydrogens (tertiary/aromatic N) is 3. The van der Waals surface area contributed by atoms with Crippen LogP contribution in [-0.4, -0.2) is 48.8 Å². The van der Waals surface area contributed by atoms with Crippen molar-refractivity contribution < 1.29 is 19.2 Å². The molecule has 2 heterocycles. The van der Waals surface area contributed by atoms with Gasteiger partial charge in [0.1, 0.15) is 0 Å². The van der Waals surface area contributed by atoms with Crippen LogP contribution in [0.2, 0.25) is 0 Å². The van der Waals surface area contributed by atoms with Gasteiger partial charge in [0, 0.05) is 32.0 Å². The van der Waals surface area contributed by atoms with E-state index in [-0.39, 0.29) is 23.2 Å². The van der Waals surface area contributed by atoms with Crippen molar-refractivity contribution in [2.45, 2.75) is 25.9 Å². The molecule has 0 radical (unpaired) electrons. The summed E-state index contributed by atoms with van der Waals surface area (Å²) in [4.78, 5) is 28.2. The Kier molecular flexibility index (Phi) is 5.26. The van der Waals surface area contributed by atoms with Crippen LogP contribution in [0.1, 0.15) is 30.1 Å². The minimum atomic E-state index is -0.645. The van der Waals surface area contributed by atoms with Gasteiger partial charge in [-0.15, -0.1) is 0 Å². The van der Waals surface area contributed by atoms with Gasteiger partial charge in [0.2, 0.25) is 5.82 Å².